The molecule has 0 spiro atoms. The molecule has 2 rings (SSSR count). The van der Waals surface area contributed by atoms with Crippen molar-refractivity contribution in [3.63, 3.8) is 0 Å². The van der Waals surface area contributed by atoms with Crippen molar-refractivity contribution in [2.24, 2.45) is 4.99 Å². The first-order valence-corrected chi connectivity index (χ1v) is 9.27. The van der Waals surface area contributed by atoms with Gasteiger partial charge in [0, 0.05) is 11.8 Å². The molecule has 1 aromatic rings. The van der Waals surface area contributed by atoms with Crippen LogP contribution in [0.5, 0.6) is 0 Å². The maximum absolute atomic E-state index is 4.84. The fourth-order valence-corrected chi connectivity index (χ4v) is 3.70. The molecule has 0 aliphatic carbocycles. The van der Waals surface area contributed by atoms with Crippen LogP contribution >= 0.6 is 11.8 Å². The molecule has 3 heteroatoms. The van der Waals surface area contributed by atoms with Crippen molar-refractivity contribution in [2.45, 2.75) is 64.5 Å². The van der Waals surface area contributed by atoms with E-state index >= 15 is 0 Å². The molecule has 1 N–H and O–H groups in total. The number of rotatable bonds is 8. The van der Waals surface area contributed by atoms with E-state index < -0.39 is 0 Å². The molecule has 2 atom stereocenters. The first kappa shape index (κ1) is 16.4. The number of aliphatic imine (C=N–C) groups is 1. The van der Waals surface area contributed by atoms with Crippen LogP contribution in [0.4, 0.5) is 0 Å². The van der Waals surface area contributed by atoms with Crippen LogP contribution in [0.25, 0.3) is 0 Å². The number of amidine groups is 1. The number of benzene rings is 1. The van der Waals surface area contributed by atoms with Crippen LogP contribution in [0.15, 0.2) is 35.3 Å². The van der Waals surface area contributed by atoms with E-state index in [-0.39, 0.29) is 0 Å². The molecule has 0 radical (unpaired) electrons. The summed E-state index contributed by atoms with van der Waals surface area (Å²) in [6.07, 6.45) is 7.67. The summed E-state index contributed by atoms with van der Waals surface area (Å²) < 4.78 is 0. The standard InChI is InChI=1S/C18H28N2S/c1-3-4-5-7-10-15(2)19-18-20-17(14-21-18)13-16-11-8-6-9-12-16/h6,8-9,11-12,15,17H,3-5,7,10,13-14H2,1-2H3,(H,19,20). The molecular weight excluding hydrogens is 276 g/mol. The second-order valence-corrected chi connectivity index (χ2v) is 6.99. The summed E-state index contributed by atoms with van der Waals surface area (Å²) in [5, 5.41) is 4.74. The molecule has 1 aromatic carbocycles. The maximum atomic E-state index is 4.84. The highest BCUT2D eigenvalue weighted by Gasteiger charge is 2.19. The van der Waals surface area contributed by atoms with E-state index in [9.17, 15) is 0 Å². The van der Waals surface area contributed by atoms with Gasteiger partial charge in [0.2, 0.25) is 0 Å². The number of thioether (sulfide) groups is 1. The summed E-state index contributed by atoms with van der Waals surface area (Å²) in [6, 6.07) is 11.7. The summed E-state index contributed by atoms with van der Waals surface area (Å²) >= 11 is 1.88. The van der Waals surface area contributed by atoms with Gasteiger partial charge in [-0.05, 0) is 25.3 Å². The Labute approximate surface area is 133 Å². The molecule has 0 saturated heterocycles. The third kappa shape index (κ3) is 6.13. The van der Waals surface area contributed by atoms with Crippen LogP contribution in [-0.4, -0.2) is 23.0 Å². The lowest BCUT2D eigenvalue weighted by molar-refractivity contribution is 0.545. The number of hydrogen-bond donors (Lipinski definition) is 1. The van der Waals surface area contributed by atoms with E-state index in [2.05, 4.69) is 49.5 Å². The minimum Gasteiger partial charge on any atom is -0.362 e. The van der Waals surface area contributed by atoms with E-state index in [1.54, 1.807) is 0 Å². The van der Waals surface area contributed by atoms with Gasteiger partial charge in [0.15, 0.2) is 5.17 Å². The van der Waals surface area contributed by atoms with Crippen molar-refractivity contribution in [2.75, 3.05) is 5.75 Å². The molecule has 2 unspecified atom stereocenters. The summed E-state index contributed by atoms with van der Waals surface area (Å²) in [4.78, 5) is 4.84. The quantitative estimate of drug-likeness (QED) is 0.707. The first-order chi connectivity index (χ1) is 10.3. The van der Waals surface area contributed by atoms with E-state index in [1.165, 1.54) is 37.7 Å². The number of unbranched alkanes of at least 4 members (excludes halogenated alkanes) is 3. The van der Waals surface area contributed by atoms with Crippen LogP contribution in [0.1, 0.15) is 51.5 Å². The van der Waals surface area contributed by atoms with Gasteiger partial charge in [0.25, 0.3) is 0 Å². The second-order valence-electron chi connectivity index (χ2n) is 5.98. The zero-order chi connectivity index (χ0) is 14.9. The van der Waals surface area contributed by atoms with E-state index in [0.717, 1.165) is 17.3 Å². The SMILES string of the molecule is CCCCCCC(C)NC1=NC(Cc2ccccc2)CS1. The van der Waals surface area contributed by atoms with Crippen molar-refractivity contribution >= 4 is 16.9 Å². The normalized spacial score (nSPS) is 19.3. The molecule has 0 fully saturated rings. The molecule has 2 nitrogen and oxygen atoms in total. The van der Waals surface area contributed by atoms with E-state index in [0.29, 0.717) is 12.1 Å². The number of hydrogen-bond acceptors (Lipinski definition) is 3. The van der Waals surface area contributed by atoms with Crippen molar-refractivity contribution < 1.29 is 0 Å². The van der Waals surface area contributed by atoms with Crippen LogP contribution < -0.4 is 5.32 Å². The predicted octanol–water partition coefficient (Wildman–Crippen LogP) is 4.65. The average Bonchev–Trinajstić information content (AvgIpc) is 2.92. The van der Waals surface area contributed by atoms with Crippen molar-refractivity contribution in [1.29, 1.82) is 0 Å². The molecule has 21 heavy (non-hydrogen) atoms. The van der Waals surface area contributed by atoms with Crippen LogP contribution in [0.3, 0.4) is 0 Å². The van der Waals surface area contributed by atoms with Gasteiger partial charge in [0.05, 0.1) is 6.04 Å². The molecule has 0 aromatic heterocycles. The van der Waals surface area contributed by atoms with E-state index in [4.69, 9.17) is 4.99 Å². The zero-order valence-corrected chi connectivity index (χ0v) is 14.2. The monoisotopic (exact) mass is 304 g/mol. The Morgan fingerprint density at radius 1 is 1.24 bits per heavy atom. The lowest BCUT2D eigenvalue weighted by atomic mass is 10.1. The molecular formula is C18H28N2S. The van der Waals surface area contributed by atoms with Gasteiger partial charge in [-0.3, -0.25) is 4.99 Å². The van der Waals surface area contributed by atoms with Crippen molar-refractivity contribution in [3.8, 4) is 0 Å². The fourth-order valence-electron chi connectivity index (χ4n) is 2.65. The lowest BCUT2D eigenvalue weighted by Gasteiger charge is -2.14. The third-order valence-corrected chi connectivity index (χ3v) is 4.94. The van der Waals surface area contributed by atoms with Crippen molar-refractivity contribution in [3.05, 3.63) is 35.9 Å². The fraction of sp³-hybridized carbons (Fsp3) is 0.611. The lowest BCUT2D eigenvalue weighted by Crippen LogP contribution is -2.29. The van der Waals surface area contributed by atoms with Crippen LogP contribution in [0, 0.1) is 0 Å². The Morgan fingerprint density at radius 2 is 2.05 bits per heavy atom. The average molecular weight is 305 g/mol. The molecule has 1 aliphatic heterocycles. The van der Waals surface area contributed by atoms with Gasteiger partial charge in [0.1, 0.15) is 0 Å². The van der Waals surface area contributed by atoms with Gasteiger partial charge in [-0.15, -0.1) is 0 Å². The van der Waals surface area contributed by atoms with Gasteiger partial charge >= 0.3 is 0 Å². The Morgan fingerprint density at radius 3 is 2.81 bits per heavy atom. The third-order valence-electron chi connectivity index (χ3n) is 3.89. The predicted molar refractivity (Wildman–Crippen MR) is 95.2 cm³/mol. The Hall–Kier alpha value is -0.960. The maximum Gasteiger partial charge on any atom is 0.157 e. The zero-order valence-electron chi connectivity index (χ0n) is 13.3. The minimum absolute atomic E-state index is 0.437. The molecule has 0 bridgehead atoms. The Bertz CT molecular complexity index is 430. The summed E-state index contributed by atoms with van der Waals surface area (Å²) in [5.74, 6) is 1.11. The van der Waals surface area contributed by atoms with E-state index in [1.807, 2.05) is 11.8 Å². The topological polar surface area (TPSA) is 24.4 Å². The highest BCUT2D eigenvalue weighted by molar-refractivity contribution is 8.14. The Kier molecular flexibility index (Phi) is 7.14. The summed E-state index contributed by atoms with van der Waals surface area (Å²) in [6.45, 7) is 4.54. The van der Waals surface area contributed by atoms with Gasteiger partial charge in [-0.1, -0.05) is 74.7 Å². The highest BCUT2D eigenvalue weighted by atomic mass is 32.2. The first-order valence-electron chi connectivity index (χ1n) is 8.29. The molecule has 1 heterocycles. The molecule has 116 valence electrons. The molecule has 0 amide bonds. The van der Waals surface area contributed by atoms with Gasteiger partial charge in [-0.2, -0.15) is 0 Å². The summed E-state index contributed by atoms with van der Waals surface area (Å²) in [5.41, 5.74) is 1.39. The number of nitrogens with one attached hydrogen (secondary N) is 1. The highest BCUT2D eigenvalue weighted by Crippen LogP contribution is 2.20. The number of nitrogens with zero attached hydrogens (tertiary/aromatic N) is 1. The van der Waals surface area contributed by atoms with Crippen LogP contribution in [-0.2, 0) is 6.42 Å². The summed E-state index contributed by atoms with van der Waals surface area (Å²) in [7, 11) is 0. The molecule has 0 saturated carbocycles. The van der Waals surface area contributed by atoms with Crippen molar-refractivity contribution in [1.82, 2.24) is 5.32 Å². The van der Waals surface area contributed by atoms with Gasteiger partial charge < -0.3 is 5.32 Å². The largest absolute Gasteiger partial charge is 0.362 e. The molecule has 1 aliphatic rings. The smallest absolute Gasteiger partial charge is 0.157 e. The van der Waals surface area contributed by atoms with Gasteiger partial charge in [-0.25, -0.2) is 0 Å². The van der Waals surface area contributed by atoms with Crippen LogP contribution in [0.2, 0.25) is 0 Å². The Balaban J connectivity index is 1.71. The second kappa shape index (κ2) is 9.14. The minimum atomic E-state index is 0.437.